The topological polar surface area (TPSA) is 62.1 Å². The van der Waals surface area contributed by atoms with Gasteiger partial charge in [-0.1, -0.05) is 24.9 Å². The lowest BCUT2D eigenvalue weighted by atomic mass is 10.2. The summed E-state index contributed by atoms with van der Waals surface area (Å²) in [5.74, 6) is 0.223. The number of carbonyl (C=O) groups excluding carboxylic acids is 1. The number of benzene rings is 1. The molecule has 0 spiro atoms. The lowest BCUT2D eigenvalue weighted by Crippen LogP contribution is -2.35. The van der Waals surface area contributed by atoms with Gasteiger partial charge in [0, 0.05) is 6.04 Å². The summed E-state index contributed by atoms with van der Waals surface area (Å²) < 4.78 is 5.32. The Hall–Kier alpha value is -1.73. The van der Waals surface area contributed by atoms with E-state index in [0.717, 1.165) is 12.8 Å². The Bertz CT molecular complexity index is 483. The number of hydrogen-bond acceptors (Lipinski definition) is 3. The predicted octanol–water partition coefficient (Wildman–Crippen LogP) is 2.90. The van der Waals surface area contributed by atoms with Crippen LogP contribution in [0.2, 0.25) is 5.02 Å². The van der Waals surface area contributed by atoms with Gasteiger partial charge in [0.2, 0.25) is 0 Å². The van der Waals surface area contributed by atoms with Crippen LogP contribution in [0.4, 0.5) is 0 Å². The molecular weight excluding hydrogens is 264 g/mol. The third-order valence-electron chi connectivity index (χ3n) is 2.55. The average molecular weight is 281 g/mol. The van der Waals surface area contributed by atoms with Gasteiger partial charge in [0.1, 0.15) is 5.75 Å². The van der Waals surface area contributed by atoms with Crippen molar-refractivity contribution in [1.82, 2.24) is 5.32 Å². The van der Waals surface area contributed by atoms with Gasteiger partial charge in [0.05, 0.1) is 16.7 Å². The van der Waals surface area contributed by atoms with Gasteiger partial charge in [-0.3, -0.25) is 4.79 Å². The summed E-state index contributed by atoms with van der Waals surface area (Å²) in [6.07, 6.45) is 1.95. The van der Waals surface area contributed by atoms with Crippen LogP contribution < -0.4 is 10.1 Å². The molecule has 1 rings (SSSR count). The van der Waals surface area contributed by atoms with Crippen molar-refractivity contribution in [3.8, 4) is 11.8 Å². The van der Waals surface area contributed by atoms with Crippen molar-refractivity contribution in [3.63, 3.8) is 0 Å². The maximum Gasteiger partial charge on any atom is 0.258 e. The van der Waals surface area contributed by atoms with Gasteiger partial charge in [-0.2, -0.15) is 5.26 Å². The van der Waals surface area contributed by atoms with E-state index in [1.807, 2.05) is 13.0 Å². The van der Waals surface area contributed by atoms with Crippen LogP contribution in [0, 0.1) is 11.3 Å². The molecule has 0 saturated heterocycles. The van der Waals surface area contributed by atoms with Gasteiger partial charge in [-0.05, 0) is 31.5 Å². The molecule has 0 aliphatic rings. The molecule has 0 aliphatic carbocycles. The van der Waals surface area contributed by atoms with Crippen molar-refractivity contribution >= 4 is 17.5 Å². The van der Waals surface area contributed by atoms with E-state index in [1.165, 1.54) is 6.07 Å². The Kier molecular flexibility index (Phi) is 6.17. The molecule has 4 nitrogen and oxygen atoms in total. The van der Waals surface area contributed by atoms with Crippen molar-refractivity contribution in [3.05, 3.63) is 28.8 Å². The van der Waals surface area contributed by atoms with Gasteiger partial charge >= 0.3 is 0 Å². The van der Waals surface area contributed by atoms with E-state index >= 15 is 0 Å². The average Bonchev–Trinajstić information content (AvgIpc) is 2.37. The number of carbonyl (C=O) groups is 1. The number of nitrogens with one attached hydrogen (secondary N) is 1. The van der Waals surface area contributed by atoms with E-state index in [-0.39, 0.29) is 18.6 Å². The lowest BCUT2D eigenvalue weighted by molar-refractivity contribution is -0.123. The smallest absolute Gasteiger partial charge is 0.258 e. The van der Waals surface area contributed by atoms with Crippen LogP contribution in [0.25, 0.3) is 0 Å². The molecule has 0 radical (unpaired) electrons. The van der Waals surface area contributed by atoms with E-state index < -0.39 is 0 Å². The maximum absolute atomic E-state index is 11.6. The minimum atomic E-state index is -0.179. The number of amides is 1. The minimum Gasteiger partial charge on any atom is -0.482 e. The zero-order chi connectivity index (χ0) is 14.3. The number of rotatable bonds is 6. The highest BCUT2D eigenvalue weighted by atomic mass is 35.5. The molecule has 1 aromatic carbocycles. The van der Waals surface area contributed by atoms with Crippen LogP contribution in [0.1, 0.15) is 32.3 Å². The van der Waals surface area contributed by atoms with Crippen LogP contribution in [0.5, 0.6) is 5.75 Å². The Balaban J connectivity index is 2.49. The number of halogens is 1. The van der Waals surface area contributed by atoms with Crippen molar-refractivity contribution in [1.29, 1.82) is 5.26 Å². The number of nitrogens with zero attached hydrogens (tertiary/aromatic N) is 1. The molecule has 0 bridgehead atoms. The molecule has 1 unspecified atom stereocenters. The lowest BCUT2D eigenvalue weighted by Gasteiger charge is -2.13. The summed E-state index contributed by atoms with van der Waals surface area (Å²) in [4.78, 5) is 11.6. The number of nitriles is 1. The SMILES string of the molecule is CCCC(C)NC(=O)COc1ccc(C#N)cc1Cl. The highest BCUT2D eigenvalue weighted by Crippen LogP contribution is 2.24. The molecular formula is C14H17ClN2O2. The third kappa shape index (κ3) is 5.19. The Morgan fingerprint density at radius 1 is 1.58 bits per heavy atom. The summed E-state index contributed by atoms with van der Waals surface area (Å²) in [7, 11) is 0. The zero-order valence-electron chi connectivity index (χ0n) is 11.1. The number of hydrogen-bond donors (Lipinski definition) is 1. The second-order valence-corrected chi connectivity index (χ2v) is 4.71. The quantitative estimate of drug-likeness (QED) is 0.871. The van der Waals surface area contributed by atoms with E-state index in [1.54, 1.807) is 12.1 Å². The molecule has 1 atom stereocenters. The van der Waals surface area contributed by atoms with Gasteiger partial charge in [0.25, 0.3) is 5.91 Å². The van der Waals surface area contributed by atoms with Crippen LogP contribution in [-0.4, -0.2) is 18.6 Å². The molecule has 1 aromatic rings. The monoisotopic (exact) mass is 280 g/mol. The van der Waals surface area contributed by atoms with Gasteiger partial charge in [-0.25, -0.2) is 0 Å². The van der Waals surface area contributed by atoms with E-state index in [4.69, 9.17) is 21.6 Å². The van der Waals surface area contributed by atoms with Gasteiger partial charge < -0.3 is 10.1 Å². The fourth-order valence-electron chi connectivity index (χ4n) is 1.65. The molecule has 0 heterocycles. The summed E-state index contributed by atoms with van der Waals surface area (Å²) in [6, 6.07) is 6.81. The molecule has 0 saturated carbocycles. The molecule has 1 amide bonds. The van der Waals surface area contributed by atoms with E-state index in [9.17, 15) is 4.79 Å². The standard InChI is InChI=1S/C14H17ClN2O2/c1-3-4-10(2)17-14(18)9-19-13-6-5-11(8-16)7-12(13)15/h5-7,10H,3-4,9H2,1-2H3,(H,17,18). The first kappa shape index (κ1) is 15.3. The first-order valence-electron chi connectivity index (χ1n) is 6.18. The van der Waals surface area contributed by atoms with Crippen molar-refractivity contribution < 1.29 is 9.53 Å². The fraction of sp³-hybridized carbons (Fsp3) is 0.429. The molecule has 102 valence electrons. The normalized spacial score (nSPS) is 11.5. The Labute approximate surface area is 118 Å². The van der Waals surface area contributed by atoms with Gasteiger partial charge in [0.15, 0.2) is 6.61 Å². The van der Waals surface area contributed by atoms with Crippen molar-refractivity contribution in [2.45, 2.75) is 32.7 Å². The summed E-state index contributed by atoms with van der Waals surface area (Å²) >= 11 is 5.94. The second kappa shape index (κ2) is 7.65. The maximum atomic E-state index is 11.6. The first-order valence-corrected chi connectivity index (χ1v) is 6.56. The molecule has 19 heavy (non-hydrogen) atoms. The third-order valence-corrected chi connectivity index (χ3v) is 2.84. The second-order valence-electron chi connectivity index (χ2n) is 4.30. The molecule has 5 heteroatoms. The largest absolute Gasteiger partial charge is 0.482 e. The van der Waals surface area contributed by atoms with Crippen LogP contribution in [0.15, 0.2) is 18.2 Å². The molecule has 1 N–H and O–H groups in total. The number of ether oxygens (including phenoxy) is 1. The predicted molar refractivity (Wildman–Crippen MR) is 74.2 cm³/mol. The molecule has 0 fully saturated rings. The molecule has 0 aromatic heterocycles. The Morgan fingerprint density at radius 2 is 2.32 bits per heavy atom. The molecule has 0 aliphatic heterocycles. The summed E-state index contributed by atoms with van der Waals surface area (Å²) in [5.41, 5.74) is 0.457. The van der Waals surface area contributed by atoms with Crippen LogP contribution in [0.3, 0.4) is 0 Å². The summed E-state index contributed by atoms with van der Waals surface area (Å²) in [6.45, 7) is 3.94. The van der Waals surface area contributed by atoms with Crippen molar-refractivity contribution in [2.75, 3.05) is 6.61 Å². The highest BCUT2D eigenvalue weighted by molar-refractivity contribution is 6.32. The fourth-order valence-corrected chi connectivity index (χ4v) is 1.89. The summed E-state index contributed by atoms with van der Waals surface area (Å²) in [5, 5.41) is 11.9. The van der Waals surface area contributed by atoms with Crippen molar-refractivity contribution in [2.24, 2.45) is 0 Å². The minimum absolute atomic E-state index is 0.0837. The van der Waals surface area contributed by atoms with E-state index in [0.29, 0.717) is 16.3 Å². The Morgan fingerprint density at radius 3 is 2.89 bits per heavy atom. The van der Waals surface area contributed by atoms with Crippen LogP contribution in [-0.2, 0) is 4.79 Å². The highest BCUT2D eigenvalue weighted by Gasteiger charge is 2.09. The van der Waals surface area contributed by atoms with Crippen LogP contribution >= 0.6 is 11.6 Å². The van der Waals surface area contributed by atoms with E-state index in [2.05, 4.69) is 12.2 Å². The van der Waals surface area contributed by atoms with Gasteiger partial charge in [-0.15, -0.1) is 0 Å². The first-order chi connectivity index (χ1) is 9.06. The zero-order valence-corrected chi connectivity index (χ0v) is 11.8.